The van der Waals surface area contributed by atoms with Gasteiger partial charge in [-0.1, -0.05) is 30.8 Å². The summed E-state index contributed by atoms with van der Waals surface area (Å²) < 4.78 is 18.7. The van der Waals surface area contributed by atoms with Crippen molar-refractivity contribution < 1.29 is 28.6 Å². The van der Waals surface area contributed by atoms with Gasteiger partial charge in [0.05, 0.1) is 23.8 Å². The van der Waals surface area contributed by atoms with Gasteiger partial charge in [-0.15, -0.1) is 0 Å². The minimum absolute atomic E-state index is 0.0948. The standard InChI is InChI=1S/C47H46N6O6/c1-29-11-19-42(45(54)51-29)53-46(55)37-9-6-10-40(44(37)47(53)56)49-22-3-2-4-24-57-34-7-5-8-35(26-34)58-32-14-16-33(17-15-32)59-43-20-13-31(27-50-43)30-12-18-36-38-28-48-23-21-39(38)52-41(36)25-30/h5-10,12-13,18,20-21,23,25-28,32-33,42,49,52H,1-4,11,14-17,19,22,24H2,(H,51,54). The Morgan fingerprint density at radius 3 is 2.41 bits per heavy atom. The van der Waals surface area contributed by atoms with Crippen molar-refractivity contribution in [2.75, 3.05) is 18.5 Å². The van der Waals surface area contributed by atoms with Crippen LogP contribution in [0.3, 0.4) is 0 Å². The summed E-state index contributed by atoms with van der Waals surface area (Å²) in [6, 6.07) is 24.6. The van der Waals surface area contributed by atoms with Gasteiger partial charge in [-0.25, -0.2) is 4.98 Å². The molecule has 0 spiro atoms. The van der Waals surface area contributed by atoms with Crippen LogP contribution in [0.4, 0.5) is 5.69 Å². The number of carbonyl (C=O) groups excluding carboxylic acids is 3. The third kappa shape index (κ3) is 8.07. The molecule has 3 aromatic carbocycles. The number of hydrogen-bond donors (Lipinski definition) is 3. The smallest absolute Gasteiger partial charge is 0.264 e. The normalized spacial score (nSPS) is 19.2. The number of H-pyrrole nitrogens is 1. The molecule has 12 nitrogen and oxygen atoms in total. The molecule has 3 N–H and O–H groups in total. The number of nitrogens with zero attached hydrogens (tertiary/aromatic N) is 3. The lowest BCUT2D eigenvalue weighted by atomic mass is 9.95. The van der Waals surface area contributed by atoms with Crippen LogP contribution in [0.25, 0.3) is 32.9 Å². The first-order valence-electron chi connectivity index (χ1n) is 20.5. The highest BCUT2D eigenvalue weighted by Crippen LogP contribution is 2.34. The number of nitrogens with one attached hydrogen (secondary N) is 3. The van der Waals surface area contributed by atoms with E-state index in [1.807, 2.05) is 48.8 Å². The number of fused-ring (bicyclic) bond motifs is 4. The van der Waals surface area contributed by atoms with E-state index in [1.165, 1.54) is 0 Å². The Bertz CT molecular complexity index is 2540. The highest BCUT2D eigenvalue weighted by atomic mass is 16.5. The summed E-state index contributed by atoms with van der Waals surface area (Å²) in [5.41, 5.74) is 6.13. The third-order valence-corrected chi connectivity index (χ3v) is 11.5. The monoisotopic (exact) mass is 790 g/mol. The van der Waals surface area contributed by atoms with Crippen LogP contribution >= 0.6 is 0 Å². The van der Waals surface area contributed by atoms with Crippen molar-refractivity contribution in [3.8, 4) is 28.5 Å². The number of benzene rings is 3. The predicted molar refractivity (Wildman–Crippen MR) is 226 cm³/mol. The van der Waals surface area contributed by atoms with Crippen LogP contribution in [0.5, 0.6) is 17.4 Å². The molecule has 1 saturated carbocycles. The number of amides is 3. The first kappa shape index (κ1) is 37.9. The minimum atomic E-state index is -0.832. The molecular formula is C47H46N6O6. The molecule has 3 amide bonds. The Hall–Kier alpha value is -6.69. The van der Waals surface area contributed by atoms with Gasteiger partial charge in [-0.2, -0.15) is 0 Å². The Morgan fingerprint density at radius 2 is 1.58 bits per heavy atom. The van der Waals surface area contributed by atoms with Crippen LogP contribution in [0.1, 0.15) is 78.5 Å². The molecule has 300 valence electrons. The van der Waals surface area contributed by atoms with Gasteiger partial charge >= 0.3 is 0 Å². The summed E-state index contributed by atoms with van der Waals surface area (Å²) in [6.45, 7) is 4.99. The van der Waals surface area contributed by atoms with Gasteiger partial charge in [-0.05, 0) is 106 Å². The van der Waals surface area contributed by atoms with Gasteiger partial charge in [0.1, 0.15) is 23.6 Å². The summed E-state index contributed by atoms with van der Waals surface area (Å²) >= 11 is 0. The summed E-state index contributed by atoms with van der Waals surface area (Å²) in [6.07, 6.45) is 12.9. The van der Waals surface area contributed by atoms with E-state index in [1.54, 1.807) is 24.4 Å². The molecule has 5 heterocycles. The van der Waals surface area contributed by atoms with Crippen LogP contribution in [0, 0.1) is 0 Å². The Morgan fingerprint density at radius 1 is 0.763 bits per heavy atom. The van der Waals surface area contributed by atoms with Crippen molar-refractivity contribution in [2.45, 2.75) is 76.0 Å². The van der Waals surface area contributed by atoms with Gasteiger partial charge in [0.25, 0.3) is 11.8 Å². The van der Waals surface area contributed by atoms with Crippen molar-refractivity contribution in [2.24, 2.45) is 0 Å². The van der Waals surface area contributed by atoms with E-state index in [0.717, 1.165) is 94.3 Å². The van der Waals surface area contributed by atoms with E-state index in [9.17, 15) is 14.4 Å². The highest BCUT2D eigenvalue weighted by molar-refractivity contribution is 6.25. The molecule has 59 heavy (non-hydrogen) atoms. The first-order chi connectivity index (χ1) is 28.9. The average molecular weight is 791 g/mol. The molecular weight excluding hydrogens is 745 g/mol. The summed E-state index contributed by atoms with van der Waals surface area (Å²) in [5.74, 6) is 0.964. The maximum atomic E-state index is 13.4. The molecule has 2 fully saturated rings. The maximum absolute atomic E-state index is 13.4. The third-order valence-electron chi connectivity index (χ3n) is 11.5. The number of anilines is 1. The largest absolute Gasteiger partial charge is 0.493 e. The molecule has 2 aliphatic heterocycles. The fraction of sp³-hybridized carbons (Fsp3) is 0.298. The lowest BCUT2D eigenvalue weighted by molar-refractivity contribution is -0.125. The predicted octanol–water partition coefficient (Wildman–Crippen LogP) is 8.60. The first-order valence-corrected chi connectivity index (χ1v) is 20.5. The van der Waals surface area contributed by atoms with E-state index in [-0.39, 0.29) is 18.1 Å². The average Bonchev–Trinajstić information content (AvgIpc) is 3.75. The summed E-state index contributed by atoms with van der Waals surface area (Å²) in [7, 11) is 0. The van der Waals surface area contributed by atoms with Gasteiger partial charge in [0, 0.05) is 76.0 Å². The van der Waals surface area contributed by atoms with Gasteiger partial charge in [-0.3, -0.25) is 24.3 Å². The zero-order valence-corrected chi connectivity index (χ0v) is 32.7. The number of carbonyl (C=O) groups is 3. The lowest BCUT2D eigenvalue weighted by Crippen LogP contribution is -2.51. The lowest BCUT2D eigenvalue weighted by Gasteiger charge is -2.29. The summed E-state index contributed by atoms with van der Waals surface area (Å²) in [4.78, 5) is 52.6. The number of rotatable bonds is 14. The number of aromatic amines is 1. The van der Waals surface area contributed by atoms with E-state index in [0.29, 0.717) is 54.4 Å². The summed E-state index contributed by atoms with van der Waals surface area (Å²) in [5, 5.41) is 8.29. The molecule has 1 aliphatic carbocycles. The second-order valence-electron chi connectivity index (χ2n) is 15.5. The molecule has 1 saturated heterocycles. The number of pyridine rings is 2. The Balaban J connectivity index is 0.685. The van der Waals surface area contributed by atoms with Crippen LogP contribution < -0.4 is 24.8 Å². The maximum Gasteiger partial charge on any atom is 0.264 e. The van der Waals surface area contributed by atoms with E-state index in [2.05, 4.69) is 56.4 Å². The number of piperidine rings is 1. The molecule has 3 aliphatic rings. The molecule has 1 unspecified atom stereocenters. The Kier molecular flexibility index (Phi) is 10.7. The molecule has 3 aromatic heterocycles. The van der Waals surface area contributed by atoms with Crippen LogP contribution in [-0.4, -0.2) is 69.0 Å². The van der Waals surface area contributed by atoms with Crippen molar-refractivity contribution in [1.29, 1.82) is 0 Å². The van der Waals surface area contributed by atoms with Crippen molar-refractivity contribution in [1.82, 2.24) is 25.2 Å². The van der Waals surface area contributed by atoms with Gasteiger partial charge < -0.3 is 29.8 Å². The second kappa shape index (κ2) is 16.7. The zero-order chi connectivity index (χ0) is 40.3. The number of imide groups is 1. The second-order valence-corrected chi connectivity index (χ2v) is 15.5. The van der Waals surface area contributed by atoms with E-state index in [4.69, 9.17) is 14.2 Å². The van der Waals surface area contributed by atoms with E-state index < -0.39 is 17.9 Å². The van der Waals surface area contributed by atoms with E-state index >= 15 is 0 Å². The molecule has 0 bridgehead atoms. The highest BCUT2D eigenvalue weighted by Gasteiger charge is 2.45. The fourth-order valence-electron chi connectivity index (χ4n) is 8.37. The number of allylic oxidation sites excluding steroid dienone is 1. The number of ether oxygens (including phenoxy) is 3. The fourth-order valence-corrected chi connectivity index (χ4v) is 8.37. The van der Waals surface area contributed by atoms with Crippen molar-refractivity contribution >= 4 is 45.2 Å². The number of unbranched alkanes of at least 4 members (excludes halogenated alkanes) is 2. The Labute approximate surface area is 342 Å². The molecule has 12 heteroatoms. The number of hydrogen-bond acceptors (Lipinski definition) is 9. The minimum Gasteiger partial charge on any atom is -0.493 e. The molecule has 0 radical (unpaired) electrons. The van der Waals surface area contributed by atoms with Crippen LogP contribution in [0.15, 0.2) is 110 Å². The zero-order valence-electron chi connectivity index (χ0n) is 32.7. The van der Waals surface area contributed by atoms with Gasteiger partial charge in [0.2, 0.25) is 11.8 Å². The van der Waals surface area contributed by atoms with Gasteiger partial charge in [0.15, 0.2) is 0 Å². The SMILES string of the molecule is C=C1CCC(N2C(=O)c3cccc(NCCCCCOc4cccc(OC5CCC(Oc6ccc(-c7ccc8c(c7)[nH]c7ccncc78)cn6)CC5)c4)c3C2=O)C(=O)N1. The topological polar surface area (TPSA) is 148 Å². The van der Waals surface area contributed by atoms with Crippen molar-refractivity contribution in [3.05, 3.63) is 121 Å². The molecule has 1 atom stereocenters. The van der Waals surface area contributed by atoms with Crippen LogP contribution in [0.2, 0.25) is 0 Å². The molecule has 9 rings (SSSR count). The van der Waals surface area contributed by atoms with Crippen molar-refractivity contribution in [3.63, 3.8) is 0 Å². The van der Waals surface area contributed by atoms with Crippen LogP contribution in [-0.2, 0) is 4.79 Å². The quantitative estimate of drug-likeness (QED) is 0.0729. The number of aromatic nitrogens is 3. The molecule has 6 aromatic rings.